The first-order chi connectivity index (χ1) is 18.6. The number of hydrogen-bond acceptors (Lipinski definition) is 5. The van der Waals surface area contributed by atoms with Gasteiger partial charge in [-0.2, -0.15) is 0 Å². The number of hydrogen-bond donors (Lipinski definition) is 0. The minimum atomic E-state index is 0.185. The minimum absolute atomic E-state index is 0.185. The first kappa shape index (κ1) is 26.4. The van der Waals surface area contributed by atoms with E-state index in [1.165, 1.54) is 25.8 Å². The van der Waals surface area contributed by atoms with E-state index in [1.54, 1.807) is 21.3 Å². The zero-order valence-electron chi connectivity index (χ0n) is 21.9. The van der Waals surface area contributed by atoms with Crippen LogP contribution in [0.1, 0.15) is 22.3 Å². The fourth-order valence-corrected chi connectivity index (χ4v) is 5.51. The predicted octanol–water partition coefficient (Wildman–Crippen LogP) is 7.63. The number of methoxy groups -OCH3 is 3. The van der Waals surface area contributed by atoms with E-state index in [0.717, 1.165) is 54.1 Å². The van der Waals surface area contributed by atoms with Gasteiger partial charge in [0.05, 0.1) is 14.2 Å². The van der Waals surface area contributed by atoms with Crippen molar-refractivity contribution in [2.45, 2.75) is 25.7 Å². The van der Waals surface area contributed by atoms with Crippen LogP contribution in [0.5, 0.6) is 28.7 Å². The molecular weight excluding hydrogens is 591 g/mol. The highest BCUT2D eigenvalue weighted by Crippen LogP contribution is 2.39. The van der Waals surface area contributed by atoms with Crippen LogP contribution in [0.2, 0.25) is 0 Å². The van der Waals surface area contributed by atoms with Gasteiger partial charge in [0.2, 0.25) is 0 Å². The molecule has 0 aliphatic carbocycles. The lowest BCUT2D eigenvalue weighted by Crippen LogP contribution is -2.04. The average Bonchev–Trinajstić information content (AvgIpc) is 2.95. The Morgan fingerprint density at radius 2 is 1.45 bits per heavy atom. The number of ether oxygens (including phenoxy) is 5. The Morgan fingerprint density at radius 3 is 2.21 bits per heavy atom. The van der Waals surface area contributed by atoms with E-state index in [0.29, 0.717) is 11.5 Å². The lowest BCUT2D eigenvalue weighted by molar-refractivity contribution is 0.0515. The number of rotatable bonds is 5. The Kier molecular flexibility index (Phi) is 8.39. The molecule has 0 N–H and O–H groups in total. The molecule has 0 aromatic heterocycles. The molecule has 0 unspecified atom stereocenters. The molecule has 6 heteroatoms. The van der Waals surface area contributed by atoms with Crippen molar-refractivity contribution in [1.82, 2.24) is 0 Å². The third kappa shape index (κ3) is 5.92. The summed E-state index contributed by atoms with van der Waals surface area (Å²) < 4.78 is 30.0. The lowest BCUT2D eigenvalue weighted by atomic mass is 9.92. The van der Waals surface area contributed by atoms with E-state index in [1.807, 2.05) is 24.3 Å². The molecule has 0 spiro atoms. The molecule has 4 aromatic carbocycles. The molecule has 0 atom stereocenters. The van der Waals surface area contributed by atoms with Gasteiger partial charge in [0.15, 0.2) is 18.3 Å². The third-order valence-corrected chi connectivity index (χ3v) is 7.83. The fourth-order valence-electron chi connectivity index (χ4n) is 4.77. The van der Waals surface area contributed by atoms with Crippen molar-refractivity contribution in [2.75, 3.05) is 28.1 Å². The van der Waals surface area contributed by atoms with E-state index in [4.69, 9.17) is 23.7 Å². The standard InChI is InChI=1S/C32H31IO5/c1-34-20-37-31-18-24-10-5-22-8-15-30(36-3)32(16-22)38-25-11-6-21(7-12-25)4-9-23-17-26(35-2)13-14-27(23)28(31)19-29(24)33/h6-8,11-19H,4-5,9-10,20H2,1-3H3. The normalized spacial score (nSPS) is 12.7. The van der Waals surface area contributed by atoms with Gasteiger partial charge in [-0.05, 0) is 125 Å². The molecule has 196 valence electrons. The molecule has 38 heavy (non-hydrogen) atoms. The molecule has 0 radical (unpaired) electrons. The molecule has 8 rings (SSSR count). The molecule has 6 bridgehead atoms. The zero-order chi connectivity index (χ0) is 26.5. The van der Waals surface area contributed by atoms with Crippen LogP contribution < -0.4 is 18.9 Å². The van der Waals surface area contributed by atoms with Crippen LogP contribution >= 0.6 is 22.6 Å². The minimum Gasteiger partial charge on any atom is -0.497 e. The number of benzene rings is 4. The van der Waals surface area contributed by atoms with Crippen LogP contribution in [0.4, 0.5) is 0 Å². The van der Waals surface area contributed by atoms with Gasteiger partial charge in [0.25, 0.3) is 0 Å². The quantitative estimate of drug-likeness (QED) is 0.169. The Bertz CT molecular complexity index is 1410. The van der Waals surface area contributed by atoms with Gasteiger partial charge in [-0.15, -0.1) is 0 Å². The second-order valence-corrected chi connectivity index (χ2v) is 10.4. The summed E-state index contributed by atoms with van der Waals surface area (Å²) in [7, 11) is 5.02. The van der Waals surface area contributed by atoms with Crippen molar-refractivity contribution in [1.29, 1.82) is 0 Å². The lowest BCUT2D eigenvalue weighted by Gasteiger charge is -2.19. The second-order valence-electron chi connectivity index (χ2n) is 9.24. The Labute approximate surface area is 237 Å². The van der Waals surface area contributed by atoms with Crippen LogP contribution in [0.25, 0.3) is 11.1 Å². The summed E-state index contributed by atoms with van der Waals surface area (Å²) in [6.07, 6.45) is 3.44. The van der Waals surface area contributed by atoms with E-state index >= 15 is 0 Å². The maximum atomic E-state index is 6.26. The maximum Gasteiger partial charge on any atom is 0.188 e. The van der Waals surface area contributed by atoms with Gasteiger partial charge in [0, 0.05) is 16.2 Å². The molecular formula is C32H31IO5. The van der Waals surface area contributed by atoms with E-state index < -0.39 is 0 Å². The summed E-state index contributed by atoms with van der Waals surface area (Å²) in [5.74, 6) is 3.88. The van der Waals surface area contributed by atoms with Crippen LogP contribution in [0, 0.1) is 3.57 Å². The van der Waals surface area contributed by atoms with Crippen LogP contribution in [0.3, 0.4) is 0 Å². The van der Waals surface area contributed by atoms with Crippen LogP contribution in [-0.4, -0.2) is 28.1 Å². The Balaban J connectivity index is 1.63. The Morgan fingerprint density at radius 1 is 0.684 bits per heavy atom. The van der Waals surface area contributed by atoms with Crippen molar-refractivity contribution in [2.24, 2.45) is 0 Å². The van der Waals surface area contributed by atoms with Gasteiger partial charge < -0.3 is 23.7 Å². The maximum absolute atomic E-state index is 6.26. The Hall–Kier alpha value is -3.23. The van der Waals surface area contributed by atoms with Crippen molar-refractivity contribution >= 4 is 22.6 Å². The number of halogens is 1. The first-order valence-electron chi connectivity index (χ1n) is 12.6. The summed E-state index contributed by atoms with van der Waals surface area (Å²) in [6.45, 7) is 0.185. The molecule has 4 aliphatic heterocycles. The molecule has 0 fully saturated rings. The molecule has 0 amide bonds. The average molecular weight is 622 g/mol. The first-order valence-corrected chi connectivity index (χ1v) is 13.7. The van der Waals surface area contributed by atoms with Gasteiger partial charge in [-0.1, -0.05) is 24.3 Å². The zero-order valence-corrected chi connectivity index (χ0v) is 24.0. The summed E-state index contributed by atoms with van der Waals surface area (Å²) in [6, 6.07) is 25.1. The summed E-state index contributed by atoms with van der Waals surface area (Å²) in [4.78, 5) is 0. The van der Waals surface area contributed by atoms with Gasteiger partial charge in [0.1, 0.15) is 17.2 Å². The molecule has 0 saturated carbocycles. The van der Waals surface area contributed by atoms with Gasteiger partial charge in [-0.25, -0.2) is 0 Å². The van der Waals surface area contributed by atoms with Crippen molar-refractivity contribution in [3.05, 3.63) is 98.6 Å². The summed E-state index contributed by atoms with van der Waals surface area (Å²) >= 11 is 2.44. The molecule has 5 nitrogen and oxygen atoms in total. The van der Waals surface area contributed by atoms with Crippen LogP contribution in [-0.2, 0) is 30.4 Å². The van der Waals surface area contributed by atoms with E-state index in [-0.39, 0.29) is 6.79 Å². The van der Waals surface area contributed by atoms with E-state index in [9.17, 15) is 0 Å². The highest BCUT2D eigenvalue weighted by Gasteiger charge is 2.17. The highest BCUT2D eigenvalue weighted by atomic mass is 127. The second kappa shape index (κ2) is 12.1. The largest absolute Gasteiger partial charge is 0.497 e. The summed E-state index contributed by atoms with van der Waals surface area (Å²) in [5.41, 5.74) is 7.04. The monoisotopic (exact) mass is 622 g/mol. The highest BCUT2D eigenvalue weighted by molar-refractivity contribution is 14.1. The van der Waals surface area contributed by atoms with Crippen molar-refractivity contribution in [3.63, 3.8) is 0 Å². The number of aryl methyl sites for hydroxylation is 4. The summed E-state index contributed by atoms with van der Waals surface area (Å²) in [5, 5.41) is 0. The SMILES string of the molecule is COCOc1cc2c(I)cc1-c1ccc(OC)cc1CCc1ccc(cc1)Oc1cc(ccc1OC)CC2. The smallest absolute Gasteiger partial charge is 0.188 e. The van der Waals surface area contributed by atoms with Crippen molar-refractivity contribution in [3.8, 4) is 39.9 Å². The van der Waals surface area contributed by atoms with Crippen LogP contribution in [0.15, 0.2) is 72.8 Å². The van der Waals surface area contributed by atoms with E-state index in [2.05, 4.69) is 71.1 Å². The molecule has 4 aliphatic rings. The molecule has 0 saturated heterocycles. The van der Waals surface area contributed by atoms with Gasteiger partial charge in [-0.3, -0.25) is 0 Å². The van der Waals surface area contributed by atoms with Gasteiger partial charge >= 0.3 is 0 Å². The van der Waals surface area contributed by atoms with Crippen molar-refractivity contribution < 1.29 is 23.7 Å². The fraction of sp³-hybridized carbons (Fsp3) is 0.250. The molecule has 4 aromatic rings. The molecule has 4 heterocycles. The predicted molar refractivity (Wildman–Crippen MR) is 158 cm³/mol. The topological polar surface area (TPSA) is 46.2 Å². The third-order valence-electron chi connectivity index (χ3n) is 6.83.